The van der Waals surface area contributed by atoms with Gasteiger partial charge in [0.1, 0.15) is 6.33 Å². The van der Waals surface area contributed by atoms with Gasteiger partial charge in [0, 0.05) is 23.0 Å². The smallest absolute Gasteiger partial charge is 0.274 e. The Morgan fingerprint density at radius 2 is 1.89 bits per heavy atom. The molecule has 1 aromatic heterocycles. The van der Waals surface area contributed by atoms with E-state index in [1.165, 1.54) is 23.4 Å². The summed E-state index contributed by atoms with van der Waals surface area (Å²) in [5, 5.41) is 22.3. The lowest BCUT2D eigenvalue weighted by Crippen LogP contribution is -2.14. The number of hydrogen-bond acceptors (Lipinski definition) is 6. The highest BCUT2D eigenvalue weighted by Crippen LogP contribution is 2.24. The molecule has 1 N–H and O–H groups in total. The van der Waals surface area contributed by atoms with Crippen LogP contribution in [0.1, 0.15) is 16.7 Å². The molecule has 0 bridgehead atoms. The van der Waals surface area contributed by atoms with Crippen molar-refractivity contribution in [3.63, 3.8) is 0 Å². The molecule has 3 aromatic rings. The molecule has 28 heavy (non-hydrogen) atoms. The maximum absolute atomic E-state index is 12.3. The third-order valence-electron chi connectivity index (χ3n) is 4.31. The van der Waals surface area contributed by atoms with Crippen LogP contribution in [0.15, 0.2) is 47.9 Å². The molecule has 8 nitrogen and oxygen atoms in total. The normalized spacial score (nSPS) is 10.7. The van der Waals surface area contributed by atoms with E-state index in [0.29, 0.717) is 16.4 Å². The summed E-state index contributed by atoms with van der Waals surface area (Å²) in [5.74, 6) is -0.177. The van der Waals surface area contributed by atoms with Crippen molar-refractivity contribution in [1.82, 2.24) is 14.8 Å². The van der Waals surface area contributed by atoms with Crippen LogP contribution < -0.4 is 5.32 Å². The van der Waals surface area contributed by atoms with Crippen molar-refractivity contribution >= 4 is 29.0 Å². The monoisotopic (exact) mass is 397 g/mol. The average Bonchev–Trinajstić information content (AvgIpc) is 3.12. The number of rotatable bonds is 6. The summed E-state index contributed by atoms with van der Waals surface area (Å²) in [6, 6.07) is 10.6. The van der Waals surface area contributed by atoms with Crippen LogP contribution in [0.5, 0.6) is 0 Å². The zero-order valence-corrected chi connectivity index (χ0v) is 16.5. The van der Waals surface area contributed by atoms with Crippen LogP contribution in [0.2, 0.25) is 0 Å². The molecule has 0 saturated carbocycles. The van der Waals surface area contributed by atoms with Crippen LogP contribution in [0.3, 0.4) is 0 Å². The summed E-state index contributed by atoms with van der Waals surface area (Å²) in [4.78, 5) is 22.8. The number of carbonyl (C=O) groups excluding carboxylic acids is 1. The van der Waals surface area contributed by atoms with Crippen LogP contribution in [-0.2, 0) is 4.79 Å². The van der Waals surface area contributed by atoms with Crippen molar-refractivity contribution in [2.45, 2.75) is 25.9 Å². The molecule has 0 aliphatic carbocycles. The van der Waals surface area contributed by atoms with Crippen molar-refractivity contribution in [1.29, 1.82) is 0 Å². The van der Waals surface area contributed by atoms with Gasteiger partial charge in [-0.2, -0.15) is 0 Å². The van der Waals surface area contributed by atoms with Gasteiger partial charge < -0.3 is 5.32 Å². The van der Waals surface area contributed by atoms with Gasteiger partial charge in [-0.05, 0) is 50.1 Å². The first-order valence-corrected chi connectivity index (χ1v) is 9.49. The Bertz CT molecular complexity index is 1050. The summed E-state index contributed by atoms with van der Waals surface area (Å²) >= 11 is 1.24. The molecule has 2 aromatic carbocycles. The highest BCUT2D eigenvalue weighted by atomic mass is 32.2. The number of thioether (sulfide) groups is 1. The molecule has 0 saturated heterocycles. The van der Waals surface area contributed by atoms with Crippen molar-refractivity contribution in [3.8, 4) is 5.69 Å². The summed E-state index contributed by atoms with van der Waals surface area (Å²) < 4.78 is 1.82. The molecule has 1 amide bonds. The predicted octanol–water partition coefficient (Wildman–Crippen LogP) is 3.83. The zero-order valence-electron chi connectivity index (χ0n) is 15.7. The minimum absolute atomic E-state index is 0.0278. The fraction of sp³-hybridized carbons (Fsp3) is 0.211. The second kappa shape index (κ2) is 8.22. The molecule has 3 rings (SSSR count). The van der Waals surface area contributed by atoms with Crippen molar-refractivity contribution < 1.29 is 9.72 Å². The lowest BCUT2D eigenvalue weighted by Gasteiger charge is -2.09. The van der Waals surface area contributed by atoms with Gasteiger partial charge >= 0.3 is 0 Å². The number of aromatic nitrogens is 3. The van der Waals surface area contributed by atoms with Crippen molar-refractivity contribution in [2.75, 3.05) is 11.1 Å². The molecule has 0 fully saturated rings. The maximum Gasteiger partial charge on any atom is 0.274 e. The number of carbonyl (C=O) groups is 1. The van der Waals surface area contributed by atoms with Gasteiger partial charge in [-0.25, -0.2) is 0 Å². The number of benzene rings is 2. The van der Waals surface area contributed by atoms with Crippen molar-refractivity contribution in [2.24, 2.45) is 0 Å². The number of amides is 1. The fourth-order valence-electron chi connectivity index (χ4n) is 2.59. The molecule has 144 valence electrons. The number of nitro groups is 1. The van der Waals surface area contributed by atoms with E-state index in [9.17, 15) is 14.9 Å². The van der Waals surface area contributed by atoms with E-state index in [0.717, 1.165) is 11.3 Å². The van der Waals surface area contributed by atoms with Gasteiger partial charge in [0.15, 0.2) is 5.16 Å². The standard InChI is InChI=1S/C19H19N5O3S/c1-12-5-7-16(8-14(12)3)23-11-20-22-19(23)28-10-18(25)21-15-6-4-13(2)17(9-15)24(26)27/h4-9,11H,10H2,1-3H3,(H,21,25). The van der Waals surface area contributed by atoms with Crippen LogP contribution >= 0.6 is 11.8 Å². The van der Waals surface area contributed by atoms with Gasteiger partial charge in [0.25, 0.3) is 5.69 Å². The third kappa shape index (κ3) is 4.37. The Kier molecular flexibility index (Phi) is 5.74. The van der Waals surface area contributed by atoms with Gasteiger partial charge in [-0.1, -0.05) is 23.9 Å². The first-order chi connectivity index (χ1) is 13.3. The minimum Gasteiger partial charge on any atom is -0.325 e. The van der Waals surface area contributed by atoms with Crippen LogP contribution in [0, 0.1) is 30.9 Å². The van der Waals surface area contributed by atoms with Gasteiger partial charge in [0.05, 0.1) is 10.7 Å². The summed E-state index contributed by atoms with van der Waals surface area (Å²) in [6.45, 7) is 5.73. The van der Waals surface area contributed by atoms with Gasteiger partial charge in [-0.3, -0.25) is 19.5 Å². The van der Waals surface area contributed by atoms with E-state index in [-0.39, 0.29) is 17.3 Å². The second-order valence-corrected chi connectivity index (χ2v) is 7.29. The molecule has 0 spiro atoms. The Morgan fingerprint density at radius 1 is 1.14 bits per heavy atom. The number of anilines is 1. The topological polar surface area (TPSA) is 103 Å². The highest BCUT2D eigenvalue weighted by Gasteiger charge is 2.14. The number of nitrogens with zero attached hydrogens (tertiary/aromatic N) is 4. The number of nitrogens with one attached hydrogen (secondary N) is 1. The first kappa shape index (κ1) is 19.6. The summed E-state index contributed by atoms with van der Waals surface area (Å²) in [5.41, 5.74) is 4.17. The van der Waals surface area contributed by atoms with E-state index in [4.69, 9.17) is 0 Å². The van der Waals surface area contributed by atoms with Crippen molar-refractivity contribution in [3.05, 3.63) is 69.5 Å². The average molecular weight is 397 g/mol. The molecule has 1 heterocycles. The maximum atomic E-state index is 12.3. The SMILES string of the molecule is Cc1ccc(-n2cnnc2SCC(=O)Nc2ccc(C)c([N+](=O)[O-])c2)cc1C. The molecular formula is C19H19N5O3S. The number of hydrogen-bond donors (Lipinski definition) is 1. The van der Waals surface area contributed by atoms with Gasteiger partial charge in [-0.15, -0.1) is 10.2 Å². The molecule has 0 unspecified atom stereocenters. The third-order valence-corrected chi connectivity index (χ3v) is 5.25. The first-order valence-electron chi connectivity index (χ1n) is 8.50. The summed E-state index contributed by atoms with van der Waals surface area (Å²) in [6.07, 6.45) is 1.60. The van der Waals surface area contributed by atoms with E-state index in [1.54, 1.807) is 25.4 Å². The van der Waals surface area contributed by atoms with Gasteiger partial charge in [0.2, 0.25) is 5.91 Å². The molecule has 0 radical (unpaired) electrons. The Morgan fingerprint density at radius 3 is 2.61 bits per heavy atom. The van der Waals surface area contributed by atoms with E-state index >= 15 is 0 Å². The van der Waals surface area contributed by atoms with Crippen LogP contribution in [-0.4, -0.2) is 31.3 Å². The predicted molar refractivity (Wildman–Crippen MR) is 108 cm³/mol. The minimum atomic E-state index is -0.466. The molecule has 9 heteroatoms. The highest BCUT2D eigenvalue weighted by molar-refractivity contribution is 7.99. The summed E-state index contributed by atoms with van der Waals surface area (Å²) in [7, 11) is 0. The lowest BCUT2D eigenvalue weighted by molar-refractivity contribution is -0.385. The molecule has 0 aliphatic rings. The Balaban J connectivity index is 1.68. The quantitative estimate of drug-likeness (QED) is 0.385. The molecule has 0 atom stereocenters. The lowest BCUT2D eigenvalue weighted by atomic mass is 10.1. The number of nitro benzene ring substituents is 1. The Hall–Kier alpha value is -3.20. The molecular weight excluding hydrogens is 378 g/mol. The number of aryl methyl sites for hydroxylation is 3. The van der Waals surface area contributed by atoms with E-state index < -0.39 is 4.92 Å². The zero-order chi connectivity index (χ0) is 20.3. The van der Waals surface area contributed by atoms with E-state index in [1.807, 2.05) is 36.6 Å². The fourth-order valence-corrected chi connectivity index (χ4v) is 3.32. The molecule has 0 aliphatic heterocycles. The van der Waals surface area contributed by atoms with Crippen LogP contribution in [0.25, 0.3) is 5.69 Å². The van der Waals surface area contributed by atoms with E-state index in [2.05, 4.69) is 15.5 Å². The Labute approximate surface area is 166 Å². The van der Waals surface area contributed by atoms with Crippen LogP contribution in [0.4, 0.5) is 11.4 Å². The largest absolute Gasteiger partial charge is 0.325 e. The second-order valence-electron chi connectivity index (χ2n) is 6.35.